The van der Waals surface area contributed by atoms with Gasteiger partial charge in [0.2, 0.25) is 0 Å². The smallest absolute Gasteiger partial charge is 0.268 e. The van der Waals surface area contributed by atoms with E-state index in [4.69, 9.17) is 9.72 Å². The largest absolute Gasteiger partial charge is 0.510 e. The number of hydrogen-bond donors (Lipinski definition) is 0. The van der Waals surface area contributed by atoms with Gasteiger partial charge in [-0.2, -0.15) is 18.2 Å². The van der Waals surface area contributed by atoms with Gasteiger partial charge in [-0.15, -0.1) is 29.7 Å². The van der Waals surface area contributed by atoms with Crippen molar-refractivity contribution < 1.29 is 30.4 Å². The average Bonchev–Trinajstić information content (AvgIpc) is 4.13. The standard InChI is InChI=1S/C60H36N6O.Pt/c1-3-17-40(18-4-1)64-51-27-10-9-25-47(51)50-37-59(61-38-58(50)64)66-53-29-12-7-23-45(53)48-34-33-44(36-57(48)66)67-43-22-15-21-42(35-43)62-39-63(55-31-14-13-30-54(55)62)56-32-16-26-49-46-24-8-11-28-52(46)65(60(49)56)41-19-5-2-6-20-41;/h1-34,37-38H;/q-2;. The second-order valence-corrected chi connectivity index (χ2v) is 16.8. The van der Waals surface area contributed by atoms with Gasteiger partial charge in [-0.3, -0.25) is 4.57 Å². The fraction of sp³-hybridized carbons (Fsp3) is 0. The quantitative estimate of drug-likeness (QED) is 0.118. The van der Waals surface area contributed by atoms with E-state index in [9.17, 15) is 0 Å². The first-order chi connectivity index (χ1) is 33.2. The van der Waals surface area contributed by atoms with Crippen LogP contribution in [0, 0.1) is 18.5 Å². The summed E-state index contributed by atoms with van der Waals surface area (Å²) in [6.07, 6.45) is 5.74. The Hall–Kier alpha value is -8.51. The van der Waals surface area contributed by atoms with Gasteiger partial charge in [0, 0.05) is 71.0 Å². The van der Waals surface area contributed by atoms with Crippen LogP contribution in [0.2, 0.25) is 0 Å². The van der Waals surface area contributed by atoms with E-state index in [1.54, 1.807) is 0 Å². The molecule has 0 saturated carbocycles. The monoisotopic (exact) mass is 1050 g/mol. The predicted molar refractivity (Wildman–Crippen MR) is 269 cm³/mol. The normalized spacial score (nSPS) is 11.7. The molecule has 9 aromatic carbocycles. The molecule has 0 spiro atoms. The topological polar surface area (TPSA) is 45.7 Å². The number of pyridine rings is 1. The molecule has 0 saturated heterocycles. The first-order valence-corrected chi connectivity index (χ1v) is 22.4. The van der Waals surface area contributed by atoms with Crippen LogP contribution in [0.4, 0.5) is 0 Å². The molecule has 14 aromatic rings. The zero-order chi connectivity index (χ0) is 44.0. The summed E-state index contributed by atoms with van der Waals surface area (Å²) in [5.41, 5.74) is 12.4. The molecular weight excluding hydrogens is 1020 g/mol. The summed E-state index contributed by atoms with van der Waals surface area (Å²) >= 11 is 0. The summed E-state index contributed by atoms with van der Waals surface area (Å²) in [5, 5.41) is 6.85. The number of ether oxygens (including phenoxy) is 1. The van der Waals surface area contributed by atoms with E-state index in [1.807, 2.05) is 36.5 Å². The summed E-state index contributed by atoms with van der Waals surface area (Å²) in [6, 6.07) is 81.2. The molecule has 8 heteroatoms. The van der Waals surface area contributed by atoms with Crippen molar-refractivity contribution in [3.8, 4) is 40.1 Å². The molecule has 68 heavy (non-hydrogen) atoms. The molecule has 7 nitrogen and oxygen atoms in total. The number of aromatic nitrogens is 6. The number of hydrogen-bond acceptors (Lipinski definition) is 2. The molecule has 0 aliphatic rings. The molecule has 14 rings (SSSR count). The Morgan fingerprint density at radius 1 is 0.426 bits per heavy atom. The van der Waals surface area contributed by atoms with Gasteiger partial charge in [0.25, 0.3) is 6.33 Å². The van der Waals surface area contributed by atoms with Crippen LogP contribution >= 0.6 is 0 Å². The number of benzene rings is 9. The van der Waals surface area contributed by atoms with E-state index in [1.165, 1.54) is 16.2 Å². The minimum Gasteiger partial charge on any atom is -0.510 e. The van der Waals surface area contributed by atoms with Crippen LogP contribution in [0.15, 0.2) is 219 Å². The number of para-hydroxylation sites is 8. The molecule has 5 heterocycles. The van der Waals surface area contributed by atoms with E-state index < -0.39 is 0 Å². The van der Waals surface area contributed by atoms with E-state index >= 15 is 0 Å². The third kappa shape index (κ3) is 6.09. The molecule has 0 aliphatic carbocycles. The van der Waals surface area contributed by atoms with Crippen molar-refractivity contribution in [3.05, 3.63) is 237 Å². The zero-order valence-electron chi connectivity index (χ0n) is 36.2. The molecule has 0 unspecified atom stereocenters. The van der Waals surface area contributed by atoms with Gasteiger partial charge >= 0.3 is 0 Å². The van der Waals surface area contributed by atoms with Gasteiger partial charge in [-0.05, 0) is 65.7 Å². The molecule has 324 valence electrons. The molecule has 5 aromatic heterocycles. The van der Waals surface area contributed by atoms with Crippen molar-refractivity contribution in [1.29, 1.82) is 0 Å². The van der Waals surface area contributed by atoms with Crippen LogP contribution in [0.3, 0.4) is 0 Å². The summed E-state index contributed by atoms with van der Waals surface area (Å²) in [7, 11) is 0. The van der Waals surface area contributed by atoms with Crippen LogP contribution in [-0.2, 0) is 21.1 Å². The SMILES string of the molecule is [Pt].[c-]1c(Oc2[c-]c3c(cc2)c2ccccc2n3-c2cc3c4ccccc4n(-c4ccccc4)c3cn2)cccc1-n1[c-][n+](-c2cccc3c4ccccc4n(-c4ccccc4)c23)c2ccccc21. The zero-order valence-corrected chi connectivity index (χ0v) is 38.5. The second kappa shape index (κ2) is 15.8. The summed E-state index contributed by atoms with van der Waals surface area (Å²) in [5.74, 6) is 1.94. The van der Waals surface area contributed by atoms with Crippen molar-refractivity contribution >= 4 is 76.5 Å². The van der Waals surface area contributed by atoms with Crippen LogP contribution in [0.25, 0.3) is 105 Å². The van der Waals surface area contributed by atoms with Gasteiger partial charge in [0.15, 0.2) is 0 Å². The molecule has 0 N–H and O–H groups in total. The van der Waals surface area contributed by atoms with Crippen molar-refractivity contribution in [1.82, 2.24) is 23.3 Å². The molecule has 0 fully saturated rings. The number of nitrogens with zero attached hydrogens (tertiary/aromatic N) is 6. The molecular formula is C60H36N6OPt-2. The van der Waals surface area contributed by atoms with Crippen molar-refractivity contribution in [2.75, 3.05) is 0 Å². The van der Waals surface area contributed by atoms with Crippen molar-refractivity contribution in [2.45, 2.75) is 0 Å². The van der Waals surface area contributed by atoms with Gasteiger partial charge in [0.05, 0.1) is 45.0 Å². The number of rotatable bonds is 7. The first kappa shape index (κ1) is 39.8. The summed E-state index contributed by atoms with van der Waals surface area (Å²) in [4.78, 5) is 5.15. The molecule has 0 bridgehead atoms. The van der Waals surface area contributed by atoms with Gasteiger partial charge in [-0.1, -0.05) is 133 Å². The minimum absolute atomic E-state index is 0. The average molecular weight is 1050 g/mol. The van der Waals surface area contributed by atoms with Gasteiger partial charge < -0.3 is 23.0 Å². The third-order valence-corrected chi connectivity index (χ3v) is 13.1. The minimum atomic E-state index is 0. The Kier molecular flexibility index (Phi) is 9.27. The molecule has 0 amide bonds. The summed E-state index contributed by atoms with van der Waals surface area (Å²) < 4.78 is 17.8. The van der Waals surface area contributed by atoms with Crippen molar-refractivity contribution in [3.63, 3.8) is 0 Å². The molecule has 0 aliphatic heterocycles. The van der Waals surface area contributed by atoms with Crippen LogP contribution in [0.1, 0.15) is 0 Å². The Balaban J connectivity index is 0.00000457. The van der Waals surface area contributed by atoms with Crippen LogP contribution < -0.4 is 9.30 Å². The first-order valence-electron chi connectivity index (χ1n) is 22.4. The Morgan fingerprint density at radius 3 is 1.75 bits per heavy atom. The Bertz CT molecular complexity index is 4260. The fourth-order valence-electron chi connectivity index (χ4n) is 10.2. The van der Waals surface area contributed by atoms with E-state index in [0.29, 0.717) is 11.5 Å². The van der Waals surface area contributed by atoms with Crippen LogP contribution in [-0.4, -0.2) is 23.3 Å². The molecule has 0 radical (unpaired) electrons. The fourth-order valence-corrected chi connectivity index (χ4v) is 10.2. The van der Waals surface area contributed by atoms with E-state index in [0.717, 1.165) is 88.9 Å². The van der Waals surface area contributed by atoms with Gasteiger partial charge in [-0.25, -0.2) is 4.98 Å². The second-order valence-electron chi connectivity index (χ2n) is 16.8. The maximum absolute atomic E-state index is 6.69. The number of fused-ring (bicyclic) bond motifs is 10. The van der Waals surface area contributed by atoms with E-state index in [2.05, 4.69) is 223 Å². The Labute approximate surface area is 404 Å². The van der Waals surface area contributed by atoms with Crippen molar-refractivity contribution in [2.24, 2.45) is 0 Å². The summed E-state index contributed by atoms with van der Waals surface area (Å²) in [6.45, 7) is 0. The van der Waals surface area contributed by atoms with E-state index in [-0.39, 0.29) is 21.1 Å². The maximum atomic E-state index is 6.69. The Morgan fingerprint density at radius 2 is 1.00 bits per heavy atom. The maximum Gasteiger partial charge on any atom is 0.268 e. The molecule has 0 atom stereocenters. The predicted octanol–water partition coefficient (Wildman–Crippen LogP) is 13.8. The third-order valence-electron chi connectivity index (χ3n) is 13.1. The van der Waals surface area contributed by atoms with Gasteiger partial charge in [0.1, 0.15) is 5.82 Å². The van der Waals surface area contributed by atoms with Crippen LogP contribution in [0.5, 0.6) is 11.5 Å². The number of imidazole rings is 1.